The second-order valence-electron chi connectivity index (χ2n) is 4.28. The van der Waals surface area contributed by atoms with Crippen LogP contribution in [0.4, 0.5) is 0 Å². The minimum atomic E-state index is -1.17. The molecule has 1 fully saturated rings. The second kappa shape index (κ2) is 3.77. The highest BCUT2D eigenvalue weighted by Gasteiger charge is 2.39. The number of rotatable bonds is 2. The molecule has 4 nitrogen and oxygen atoms in total. The van der Waals surface area contributed by atoms with Gasteiger partial charge in [-0.25, -0.2) is 4.98 Å². The standard InChI is InChI=1S/C11H16N2O2/c1-13-8-7-12-10(13)9(14)11(15)5-3-2-4-6-11/h7-8,15H,2-6H2,1H3. The maximum atomic E-state index is 12.1. The fourth-order valence-electron chi connectivity index (χ4n) is 2.16. The number of aliphatic hydroxyl groups is 1. The summed E-state index contributed by atoms with van der Waals surface area (Å²) in [6.45, 7) is 0. The van der Waals surface area contributed by atoms with Gasteiger partial charge in [-0.05, 0) is 12.8 Å². The van der Waals surface area contributed by atoms with E-state index in [0.717, 1.165) is 19.3 Å². The number of imidazole rings is 1. The highest BCUT2D eigenvalue weighted by molar-refractivity contribution is 5.99. The van der Waals surface area contributed by atoms with Gasteiger partial charge in [-0.2, -0.15) is 0 Å². The second-order valence-corrected chi connectivity index (χ2v) is 4.28. The summed E-state index contributed by atoms with van der Waals surface area (Å²) in [5, 5.41) is 10.2. The summed E-state index contributed by atoms with van der Waals surface area (Å²) in [6, 6.07) is 0. The van der Waals surface area contributed by atoms with Gasteiger partial charge in [0.1, 0.15) is 5.60 Å². The Bertz CT molecular complexity index is 364. The normalized spacial score (nSPS) is 20.1. The van der Waals surface area contributed by atoms with Crippen molar-refractivity contribution in [2.75, 3.05) is 0 Å². The Balaban J connectivity index is 2.23. The van der Waals surface area contributed by atoms with Crippen LogP contribution in [-0.4, -0.2) is 26.0 Å². The van der Waals surface area contributed by atoms with Crippen molar-refractivity contribution in [1.82, 2.24) is 9.55 Å². The quantitative estimate of drug-likeness (QED) is 0.745. The number of aromatic nitrogens is 2. The first-order valence-electron chi connectivity index (χ1n) is 5.38. The number of ketones is 1. The lowest BCUT2D eigenvalue weighted by Gasteiger charge is -2.29. The molecule has 0 amide bonds. The molecule has 82 valence electrons. The van der Waals surface area contributed by atoms with E-state index in [2.05, 4.69) is 4.98 Å². The molecule has 0 bridgehead atoms. The van der Waals surface area contributed by atoms with Crippen LogP contribution in [0.25, 0.3) is 0 Å². The minimum absolute atomic E-state index is 0.227. The SMILES string of the molecule is Cn1ccnc1C(=O)C1(O)CCCCC1. The Hall–Kier alpha value is -1.16. The summed E-state index contributed by atoms with van der Waals surface area (Å²) in [5.41, 5.74) is -1.17. The number of hydrogen-bond acceptors (Lipinski definition) is 3. The van der Waals surface area contributed by atoms with Crippen molar-refractivity contribution in [2.45, 2.75) is 37.7 Å². The van der Waals surface area contributed by atoms with Crippen LogP contribution in [0.5, 0.6) is 0 Å². The van der Waals surface area contributed by atoms with E-state index in [1.54, 1.807) is 24.0 Å². The summed E-state index contributed by atoms with van der Waals surface area (Å²) in [6.07, 6.45) is 7.39. The van der Waals surface area contributed by atoms with Crippen LogP contribution in [-0.2, 0) is 7.05 Å². The number of nitrogens with zero attached hydrogens (tertiary/aromatic N) is 2. The van der Waals surface area contributed by atoms with E-state index >= 15 is 0 Å². The highest BCUT2D eigenvalue weighted by atomic mass is 16.3. The van der Waals surface area contributed by atoms with Gasteiger partial charge in [0.15, 0.2) is 5.82 Å². The zero-order valence-electron chi connectivity index (χ0n) is 8.94. The first-order valence-corrected chi connectivity index (χ1v) is 5.38. The van der Waals surface area contributed by atoms with Crippen LogP contribution in [0, 0.1) is 0 Å². The zero-order chi connectivity index (χ0) is 10.9. The average Bonchev–Trinajstić information content (AvgIpc) is 2.64. The molecule has 1 aliphatic carbocycles. The van der Waals surface area contributed by atoms with Crippen LogP contribution in [0.15, 0.2) is 12.4 Å². The minimum Gasteiger partial charge on any atom is -0.382 e. The molecule has 0 spiro atoms. The Kier molecular flexibility index (Phi) is 2.61. The Morgan fingerprint density at radius 1 is 1.47 bits per heavy atom. The van der Waals surface area contributed by atoms with Gasteiger partial charge in [0.2, 0.25) is 5.78 Å². The van der Waals surface area contributed by atoms with Gasteiger partial charge in [0.25, 0.3) is 0 Å². The molecular weight excluding hydrogens is 192 g/mol. The molecule has 1 saturated carbocycles. The molecule has 1 aliphatic rings. The van der Waals surface area contributed by atoms with Crippen molar-refractivity contribution >= 4 is 5.78 Å². The number of aryl methyl sites for hydroxylation is 1. The van der Waals surface area contributed by atoms with Gasteiger partial charge >= 0.3 is 0 Å². The number of carbonyl (C=O) groups is 1. The summed E-state index contributed by atoms with van der Waals surface area (Å²) in [5.74, 6) is 0.133. The fourth-order valence-corrected chi connectivity index (χ4v) is 2.16. The van der Waals surface area contributed by atoms with Gasteiger partial charge in [-0.3, -0.25) is 4.79 Å². The average molecular weight is 208 g/mol. The van der Waals surface area contributed by atoms with Gasteiger partial charge in [-0.1, -0.05) is 19.3 Å². The van der Waals surface area contributed by atoms with Crippen molar-refractivity contribution in [3.05, 3.63) is 18.2 Å². The maximum absolute atomic E-state index is 12.1. The van der Waals surface area contributed by atoms with E-state index in [4.69, 9.17) is 0 Å². The highest BCUT2D eigenvalue weighted by Crippen LogP contribution is 2.30. The molecular formula is C11H16N2O2. The number of carbonyl (C=O) groups excluding carboxylic acids is 1. The first kappa shape index (κ1) is 10.4. The number of hydrogen-bond donors (Lipinski definition) is 1. The molecule has 1 aromatic heterocycles. The lowest BCUT2D eigenvalue weighted by Crippen LogP contribution is -2.41. The summed E-state index contributed by atoms with van der Waals surface area (Å²) < 4.78 is 1.66. The molecule has 1 heterocycles. The molecule has 2 rings (SSSR count). The van der Waals surface area contributed by atoms with E-state index in [1.807, 2.05) is 0 Å². The van der Waals surface area contributed by atoms with Crippen LogP contribution in [0.2, 0.25) is 0 Å². The third kappa shape index (κ3) is 1.81. The third-order valence-corrected chi connectivity index (χ3v) is 3.13. The molecule has 4 heteroatoms. The summed E-state index contributed by atoms with van der Waals surface area (Å²) in [7, 11) is 1.77. The number of Topliss-reactive ketones (excluding diaryl/α,β-unsaturated/α-hetero) is 1. The topological polar surface area (TPSA) is 55.1 Å². The van der Waals surface area contributed by atoms with Crippen molar-refractivity contribution in [3.63, 3.8) is 0 Å². The molecule has 0 radical (unpaired) electrons. The van der Waals surface area contributed by atoms with Gasteiger partial charge < -0.3 is 9.67 Å². The van der Waals surface area contributed by atoms with E-state index in [9.17, 15) is 9.90 Å². The van der Waals surface area contributed by atoms with Crippen LogP contribution in [0.3, 0.4) is 0 Å². The molecule has 1 aromatic rings. The Morgan fingerprint density at radius 3 is 2.67 bits per heavy atom. The third-order valence-electron chi connectivity index (χ3n) is 3.13. The molecule has 15 heavy (non-hydrogen) atoms. The van der Waals surface area contributed by atoms with Crippen LogP contribution < -0.4 is 0 Å². The summed E-state index contributed by atoms with van der Waals surface area (Å²) in [4.78, 5) is 16.1. The van der Waals surface area contributed by atoms with Crippen molar-refractivity contribution < 1.29 is 9.90 Å². The molecule has 0 unspecified atom stereocenters. The first-order chi connectivity index (χ1) is 7.13. The fraction of sp³-hybridized carbons (Fsp3) is 0.636. The van der Waals surface area contributed by atoms with E-state index in [1.165, 1.54) is 0 Å². The van der Waals surface area contributed by atoms with E-state index in [0.29, 0.717) is 18.7 Å². The van der Waals surface area contributed by atoms with Crippen LogP contribution in [0.1, 0.15) is 42.7 Å². The molecule has 0 atom stereocenters. The van der Waals surface area contributed by atoms with Crippen LogP contribution >= 0.6 is 0 Å². The van der Waals surface area contributed by atoms with Gasteiger partial charge in [0, 0.05) is 19.4 Å². The molecule has 0 aliphatic heterocycles. The largest absolute Gasteiger partial charge is 0.382 e. The maximum Gasteiger partial charge on any atom is 0.229 e. The monoisotopic (exact) mass is 208 g/mol. The van der Waals surface area contributed by atoms with Gasteiger partial charge in [0.05, 0.1) is 0 Å². The van der Waals surface area contributed by atoms with Crippen molar-refractivity contribution in [2.24, 2.45) is 7.05 Å². The van der Waals surface area contributed by atoms with E-state index < -0.39 is 5.60 Å². The smallest absolute Gasteiger partial charge is 0.229 e. The Morgan fingerprint density at radius 2 is 2.13 bits per heavy atom. The predicted octanol–water partition coefficient (Wildman–Crippen LogP) is 1.30. The summed E-state index contributed by atoms with van der Waals surface area (Å²) >= 11 is 0. The lowest BCUT2D eigenvalue weighted by molar-refractivity contribution is 0.0104. The van der Waals surface area contributed by atoms with E-state index in [-0.39, 0.29) is 5.78 Å². The van der Waals surface area contributed by atoms with Gasteiger partial charge in [-0.15, -0.1) is 0 Å². The lowest BCUT2D eigenvalue weighted by atomic mass is 9.81. The molecule has 0 saturated heterocycles. The molecule has 1 N–H and O–H groups in total. The van der Waals surface area contributed by atoms with Crippen molar-refractivity contribution in [3.8, 4) is 0 Å². The zero-order valence-corrected chi connectivity index (χ0v) is 8.94. The predicted molar refractivity (Wildman–Crippen MR) is 55.6 cm³/mol. The molecule has 0 aromatic carbocycles. The van der Waals surface area contributed by atoms with Crippen molar-refractivity contribution in [1.29, 1.82) is 0 Å². The Labute approximate surface area is 88.9 Å².